The fourth-order valence-electron chi connectivity index (χ4n) is 6.06. The van der Waals surface area contributed by atoms with Crippen LogP contribution in [-0.2, 0) is 26.1 Å². The molecule has 4 heterocycles. The summed E-state index contributed by atoms with van der Waals surface area (Å²) in [5.41, 5.74) is 15.7. The van der Waals surface area contributed by atoms with Gasteiger partial charge in [-0.3, -0.25) is 34.5 Å². The first-order chi connectivity index (χ1) is 26.0. The summed E-state index contributed by atoms with van der Waals surface area (Å²) in [6.45, 7) is 9.21. The molecule has 0 atom stereocenters. The van der Waals surface area contributed by atoms with E-state index in [1.807, 2.05) is 37.5 Å². The summed E-state index contributed by atoms with van der Waals surface area (Å²) in [6, 6.07) is 11.7. The van der Waals surface area contributed by atoms with E-state index in [-0.39, 0.29) is 48.1 Å². The minimum absolute atomic E-state index is 0.0943. The maximum Gasteiger partial charge on any atom is 0.295 e. The zero-order valence-electron chi connectivity index (χ0n) is 30.5. The average molecular weight is 735 g/mol. The molecule has 17 heteroatoms. The first-order valence-electron chi connectivity index (χ1n) is 17.6. The van der Waals surface area contributed by atoms with Crippen LogP contribution < -0.4 is 27.4 Å². The second kappa shape index (κ2) is 16.0. The van der Waals surface area contributed by atoms with Crippen LogP contribution >= 0.6 is 0 Å². The molecule has 0 unspecified atom stereocenters. The summed E-state index contributed by atoms with van der Waals surface area (Å²) in [5, 5.41) is 13.0. The monoisotopic (exact) mass is 734 g/mol. The molecule has 0 bridgehead atoms. The van der Waals surface area contributed by atoms with Crippen LogP contribution in [0.25, 0.3) is 22.1 Å². The highest BCUT2D eigenvalue weighted by molar-refractivity contribution is 6.04. The summed E-state index contributed by atoms with van der Waals surface area (Å²) in [7, 11) is 0. The van der Waals surface area contributed by atoms with Crippen LogP contribution in [0.1, 0.15) is 79.3 Å². The summed E-state index contributed by atoms with van der Waals surface area (Å²) < 4.78 is 10.8. The van der Waals surface area contributed by atoms with Crippen LogP contribution in [-0.4, -0.2) is 70.6 Å². The van der Waals surface area contributed by atoms with Gasteiger partial charge in [-0.25, -0.2) is 15.0 Å². The van der Waals surface area contributed by atoms with E-state index in [2.05, 4.69) is 31.0 Å². The van der Waals surface area contributed by atoms with E-state index in [0.717, 1.165) is 0 Å². The largest absolute Gasteiger partial charge is 0.436 e. The standard InChI is InChI=1S/C37H42N12O5/c1-5-25-31(54-22(4)41-25)35(53)45-37-42-26-19-23(32(39)50)10-12-28(26)48(37)17-8-7-16-47-29-13-11-24(33(51)40-15-9-14-38)20-27(29)43-36(47)44-34(52)30-18-21(3)46-49(30)6-2/h7-8,10-13,18-20H,5-6,9,14-17,38H2,1-4H3,(H2,39,50)(H,40,51)(H,42,45,53)(H,43,44,52). The maximum absolute atomic E-state index is 13.5. The van der Waals surface area contributed by atoms with E-state index in [1.54, 1.807) is 58.6 Å². The second-order valence-electron chi connectivity index (χ2n) is 12.5. The van der Waals surface area contributed by atoms with Crippen molar-refractivity contribution in [1.29, 1.82) is 0 Å². The Morgan fingerprint density at radius 1 is 0.815 bits per heavy atom. The number of imidazole rings is 2. The van der Waals surface area contributed by atoms with E-state index < -0.39 is 11.8 Å². The molecule has 0 fully saturated rings. The fraction of sp³-hybridized carbons (Fsp3) is 0.297. The van der Waals surface area contributed by atoms with Gasteiger partial charge in [0, 0.05) is 44.2 Å². The van der Waals surface area contributed by atoms with Crippen molar-refractivity contribution in [3.05, 3.63) is 94.5 Å². The lowest BCUT2D eigenvalue weighted by Crippen LogP contribution is -2.25. The van der Waals surface area contributed by atoms with E-state index in [0.29, 0.717) is 83.1 Å². The molecule has 0 saturated heterocycles. The SMILES string of the molecule is CCc1nc(C)oc1C(=O)Nc1nc2cc(C(N)=O)ccc2n1CC=CCn1c(NC(=O)c2cc(C)nn2CC)nc2cc(C(=O)NCCCN)ccc21. The molecule has 0 aliphatic rings. The first kappa shape index (κ1) is 37.1. The number of oxazole rings is 1. The third kappa shape index (κ3) is 7.75. The van der Waals surface area contributed by atoms with Crippen molar-refractivity contribution >= 4 is 57.6 Å². The molecule has 0 radical (unpaired) electrons. The predicted octanol–water partition coefficient (Wildman–Crippen LogP) is 3.71. The number of hydrogen-bond donors (Lipinski definition) is 5. The van der Waals surface area contributed by atoms with Gasteiger partial charge in [0.05, 0.1) is 33.5 Å². The summed E-state index contributed by atoms with van der Waals surface area (Å²) in [4.78, 5) is 65.2. The van der Waals surface area contributed by atoms with Crippen LogP contribution in [0, 0.1) is 13.8 Å². The van der Waals surface area contributed by atoms with E-state index in [1.165, 1.54) is 0 Å². The van der Waals surface area contributed by atoms with Crippen molar-refractivity contribution in [3.8, 4) is 0 Å². The number of nitrogens with two attached hydrogens (primary N) is 2. The highest BCUT2D eigenvalue weighted by atomic mass is 16.4. The number of carbonyl (C=O) groups excluding carboxylic acids is 4. The number of allylic oxidation sites excluding steroid dienone is 2. The van der Waals surface area contributed by atoms with Gasteiger partial charge in [0.1, 0.15) is 5.69 Å². The van der Waals surface area contributed by atoms with Gasteiger partial charge in [-0.05, 0) is 75.7 Å². The van der Waals surface area contributed by atoms with Crippen molar-refractivity contribution in [2.45, 2.75) is 60.2 Å². The average Bonchev–Trinajstić information content (AvgIpc) is 3.91. The number of carbonyl (C=O) groups is 4. The number of aryl methyl sites for hydroxylation is 4. The summed E-state index contributed by atoms with van der Waals surface area (Å²) >= 11 is 0. The van der Waals surface area contributed by atoms with Gasteiger partial charge in [0.15, 0.2) is 5.89 Å². The Morgan fingerprint density at radius 2 is 1.43 bits per heavy atom. The molecule has 4 amide bonds. The van der Waals surface area contributed by atoms with Crippen molar-refractivity contribution in [2.24, 2.45) is 11.5 Å². The van der Waals surface area contributed by atoms with Gasteiger partial charge in [-0.15, -0.1) is 0 Å². The van der Waals surface area contributed by atoms with Gasteiger partial charge in [0.2, 0.25) is 23.6 Å². The number of fused-ring (bicyclic) bond motifs is 2. The van der Waals surface area contributed by atoms with Crippen molar-refractivity contribution in [1.82, 2.24) is 39.2 Å². The van der Waals surface area contributed by atoms with Crippen molar-refractivity contribution < 1.29 is 23.6 Å². The predicted molar refractivity (Wildman–Crippen MR) is 202 cm³/mol. The summed E-state index contributed by atoms with van der Waals surface area (Å²) in [5.74, 6) is -0.797. The number of benzene rings is 2. The molecular weight excluding hydrogens is 692 g/mol. The number of nitrogens with zero attached hydrogens (tertiary/aromatic N) is 7. The number of rotatable bonds is 15. The van der Waals surface area contributed by atoms with E-state index >= 15 is 0 Å². The van der Waals surface area contributed by atoms with Crippen LogP contribution in [0.4, 0.5) is 11.9 Å². The molecule has 54 heavy (non-hydrogen) atoms. The second-order valence-corrected chi connectivity index (χ2v) is 12.5. The lowest BCUT2D eigenvalue weighted by atomic mass is 10.2. The first-order valence-corrected chi connectivity index (χ1v) is 17.6. The number of aromatic nitrogens is 7. The van der Waals surface area contributed by atoms with Crippen molar-refractivity contribution in [3.63, 3.8) is 0 Å². The smallest absolute Gasteiger partial charge is 0.295 e. The highest BCUT2D eigenvalue weighted by Gasteiger charge is 2.22. The molecule has 0 spiro atoms. The quantitative estimate of drug-likeness (QED) is 0.0757. The zero-order valence-corrected chi connectivity index (χ0v) is 30.5. The minimum atomic E-state index is -0.606. The Kier molecular flexibility index (Phi) is 11.0. The van der Waals surface area contributed by atoms with Crippen molar-refractivity contribution in [2.75, 3.05) is 23.7 Å². The Hall–Kier alpha value is -6.62. The van der Waals surface area contributed by atoms with Crippen LogP contribution in [0.5, 0.6) is 0 Å². The highest BCUT2D eigenvalue weighted by Crippen LogP contribution is 2.25. The topological polar surface area (TPSA) is 236 Å². The van der Waals surface area contributed by atoms with E-state index in [9.17, 15) is 19.2 Å². The van der Waals surface area contributed by atoms with Crippen LogP contribution in [0.2, 0.25) is 0 Å². The Balaban J connectivity index is 1.31. The molecule has 280 valence electrons. The molecule has 0 aliphatic carbocycles. The lowest BCUT2D eigenvalue weighted by molar-refractivity contribution is 0.0950. The van der Waals surface area contributed by atoms with Crippen LogP contribution in [0.15, 0.2) is 59.0 Å². The molecule has 6 aromatic rings. The molecule has 6 rings (SSSR count). The van der Waals surface area contributed by atoms with Gasteiger partial charge in [-0.1, -0.05) is 19.1 Å². The number of hydrogen-bond acceptors (Lipinski definition) is 10. The molecule has 0 aliphatic heterocycles. The molecular formula is C37H42N12O5. The van der Waals surface area contributed by atoms with Gasteiger partial charge < -0.3 is 30.3 Å². The summed E-state index contributed by atoms with van der Waals surface area (Å²) in [6.07, 6.45) is 4.91. The third-order valence-corrected chi connectivity index (χ3v) is 8.68. The Labute approximate surface area is 309 Å². The Bertz CT molecular complexity index is 2410. The zero-order chi connectivity index (χ0) is 38.5. The Morgan fingerprint density at radius 3 is 2.02 bits per heavy atom. The third-order valence-electron chi connectivity index (χ3n) is 8.68. The fourth-order valence-corrected chi connectivity index (χ4v) is 6.06. The molecule has 7 N–H and O–H groups in total. The number of amides is 4. The minimum Gasteiger partial charge on any atom is -0.436 e. The number of anilines is 2. The number of nitrogens with one attached hydrogen (secondary N) is 3. The van der Waals surface area contributed by atoms with E-state index in [4.69, 9.17) is 20.9 Å². The number of primary amides is 1. The molecule has 0 saturated carbocycles. The lowest BCUT2D eigenvalue weighted by Gasteiger charge is -2.10. The maximum atomic E-state index is 13.5. The molecule has 4 aromatic heterocycles. The van der Waals surface area contributed by atoms with Gasteiger partial charge in [0.25, 0.3) is 17.7 Å². The van der Waals surface area contributed by atoms with Gasteiger partial charge >= 0.3 is 0 Å². The van der Waals surface area contributed by atoms with Crippen LogP contribution in [0.3, 0.4) is 0 Å². The normalized spacial score (nSPS) is 11.5. The molecule has 2 aromatic carbocycles. The van der Waals surface area contributed by atoms with Gasteiger partial charge in [-0.2, -0.15) is 5.10 Å². The molecule has 17 nitrogen and oxygen atoms in total.